The molecule has 2 fully saturated rings. The maximum atomic E-state index is 12.8. The minimum atomic E-state index is -1.01. The van der Waals surface area contributed by atoms with E-state index in [9.17, 15) is 9.59 Å². The van der Waals surface area contributed by atoms with E-state index in [1.807, 2.05) is 12.2 Å². The molecular formula is C18H18N2O5. The molecule has 3 aliphatic rings. The summed E-state index contributed by atoms with van der Waals surface area (Å²) in [5.41, 5.74) is 0.771. The van der Waals surface area contributed by atoms with Crippen molar-refractivity contribution in [1.82, 2.24) is 4.90 Å². The number of hydrogen-bond acceptors (Lipinski definition) is 4. The molecule has 0 radical (unpaired) electrons. The third-order valence-corrected chi connectivity index (χ3v) is 4.58. The van der Waals surface area contributed by atoms with Crippen LogP contribution in [0.2, 0.25) is 0 Å². The van der Waals surface area contributed by atoms with Gasteiger partial charge in [-0.05, 0) is 36.8 Å². The van der Waals surface area contributed by atoms with Crippen LogP contribution in [-0.4, -0.2) is 54.4 Å². The highest BCUT2D eigenvalue weighted by Gasteiger charge is 2.35. The number of carboxylic acids is 1. The maximum Gasteiger partial charge on any atom is 0.335 e. The number of carbonyl (C=O) groups is 2. The molecule has 130 valence electrons. The normalized spacial score (nSPS) is 22.6. The van der Waals surface area contributed by atoms with Gasteiger partial charge in [0.15, 0.2) is 11.5 Å². The number of ether oxygens (including phenoxy) is 2. The molecule has 4 rings (SSSR count). The Balaban J connectivity index is 1.52. The van der Waals surface area contributed by atoms with Crippen LogP contribution in [0.15, 0.2) is 47.9 Å². The maximum absolute atomic E-state index is 12.8. The first-order chi connectivity index (χ1) is 12.1. The summed E-state index contributed by atoms with van der Waals surface area (Å²) < 4.78 is 11.2. The lowest BCUT2D eigenvalue weighted by molar-refractivity contribution is 0.0546. The van der Waals surface area contributed by atoms with Crippen LogP contribution in [0.3, 0.4) is 0 Å². The van der Waals surface area contributed by atoms with Crippen molar-refractivity contribution >= 4 is 17.7 Å². The summed E-state index contributed by atoms with van der Waals surface area (Å²) in [7, 11) is 0. The largest absolute Gasteiger partial charge is 0.486 e. The predicted molar refractivity (Wildman–Crippen MR) is 89.3 cm³/mol. The summed E-state index contributed by atoms with van der Waals surface area (Å²) in [5.74, 6) is 0.441. The molecule has 0 spiro atoms. The van der Waals surface area contributed by atoms with Gasteiger partial charge in [-0.3, -0.25) is 4.90 Å². The van der Waals surface area contributed by atoms with E-state index in [-0.39, 0.29) is 17.6 Å². The third kappa shape index (κ3) is 2.82. The van der Waals surface area contributed by atoms with Gasteiger partial charge in [-0.15, -0.1) is 0 Å². The van der Waals surface area contributed by atoms with Gasteiger partial charge in [-0.25, -0.2) is 9.59 Å². The molecule has 2 heterocycles. The van der Waals surface area contributed by atoms with Gasteiger partial charge in [0.05, 0.1) is 11.6 Å². The Morgan fingerprint density at radius 1 is 1.16 bits per heavy atom. The first-order valence-electron chi connectivity index (χ1n) is 8.23. The van der Waals surface area contributed by atoms with Crippen molar-refractivity contribution in [2.45, 2.75) is 12.5 Å². The average molecular weight is 342 g/mol. The number of anilines is 1. The summed E-state index contributed by atoms with van der Waals surface area (Å²) in [5, 5.41) is 9.13. The van der Waals surface area contributed by atoms with Gasteiger partial charge in [0.1, 0.15) is 13.2 Å². The van der Waals surface area contributed by atoms with E-state index in [0.717, 1.165) is 5.76 Å². The zero-order chi connectivity index (χ0) is 17.4. The number of benzene rings is 1. The van der Waals surface area contributed by atoms with Crippen LogP contribution in [0.4, 0.5) is 10.5 Å². The summed E-state index contributed by atoms with van der Waals surface area (Å²) >= 11 is 0. The molecule has 1 unspecified atom stereocenters. The number of hydrogen-bond donors (Lipinski definition) is 1. The van der Waals surface area contributed by atoms with Crippen LogP contribution in [0.25, 0.3) is 0 Å². The van der Waals surface area contributed by atoms with Gasteiger partial charge in [-0.2, -0.15) is 0 Å². The lowest BCUT2D eigenvalue weighted by Crippen LogP contribution is -2.39. The van der Waals surface area contributed by atoms with Crippen LogP contribution >= 0.6 is 0 Å². The number of fused-ring (bicyclic) bond motifs is 1. The number of carboxylic acid groups (broad SMARTS) is 1. The van der Waals surface area contributed by atoms with Gasteiger partial charge < -0.3 is 19.5 Å². The first-order valence-corrected chi connectivity index (χ1v) is 8.23. The highest BCUT2D eigenvalue weighted by Crippen LogP contribution is 2.30. The molecule has 1 aromatic rings. The molecule has 2 saturated heterocycles. The van der Waals surface area contributed by atoms with Crippen LogP contribution in [0.1, 0.15) is 16.8 Å². The number of nitrogens with zero attached hydrogens (tertiary/aromatic N) is 2. The molecule has 1 aromatic carbocycles. The van der Waals surface area contributed by atoms with E-state index in [1.165, 1.54) is 12.1 Å². The zero-order valence-electron chi connectivity index (χ0n) is 13.6. The molecule has 1 atom stereocenters. The van der Waals surface area contributed by atoms with Gasteiger partial charge in [0.2, 0.25) is 0 Å². The van der Waals surface area contributed by atoms with Crippen LogP contribution < -0.4 is 4.90 Å². The topological polar surface area (TPSA) is 79.3 Å². The molecule has 2 aliphatic heterocycles. The fraction of sp³-hybridized carbons (Fsp3) is 0.333. The van der Waals surface area contributed by atoms with Gasteiger partial charge in [0, 0.05) is 18.8 Å². The summed E-state index contributed by atoms with van der Waals surface area (Å²) in [6.07, 6.45) is 4.57. The zero-order valence-corrected chi connectivity index (χ0v) is 13.6. The molecule has 2 amide bonds. The second kappa shape index (κ2) is 6.16. The smallest absolute Gasteiger partial charge is 0.335 e. The molecular weight excluding hydrogens is 324 g/mol. The predicted octanol–water partition coefficient (Wildman–Crippen LogP) is 2.21. The standard InChI is InChI=1S/C18H18N2O5/c21-17(22)12-2-1-3-13(10-12)19-6-7-20(18(19)23)14-4-5-15-16(11-14)25-9-8-24-15/h1-3,5,10-11,14H,4,6-9H2,(H,21,22). The van der Waals surface area contributed by atoms with Crippen molar-refractivity contribution in [3.63, 3.8) is 0 Å². The van der Waals surface area contributed by atoms with Crippen LogP contribution in [0.5, 0.6) is 0 Å². The molecule has 7 heteroatoms. The minimum absolute atomic E-state index is 0.0828. The molecule has 1 aliphatic carbocycles. The minimum Gasteiger partial charge on any atom is -0.486 e. The van der Waals surface area contributed by atoms with Crippen molar-refractivity contribution in [1.29, 1.82) is 0 Å². The number of aromatic carboxylic acids is 1. The molecule has 0 aromatic heterocycles. The summed E-state index contributed by atoms with van der Waals surface area (Å²) in [6, 6.07) is 6.24. The second-order valence-corrected chi connectivity index (χ2v) is 6.08. The Hall–Kier alpha value is -2.96. The Labute approximate surface area is 144 Å². The van der Waals surface area contributed by atoms with Crippen molar-refractivity contribution in [3.05, 3.63) is 53.5 Å². The fourth-order valence-electron chi connectivity index (χ4n) is 3.33. The Kier molecular flexibility index (Phi) is 3.83. The highest BCUT2D eigenvalue weighted by molar-refractivity contribution is 5.96. The molecule has 25 heavy (non-hydrogen) atoms. The Morgan fingerprint density at radius 3 is 2.76 bits per heavy atom. The Bertz CT molecular complexity index is 785. The van der Waals surface area contributed by atoms with E-state index in [2.05, 4.69) is 0 Å². The van der Waals surface area contributed by atoms with Crippen molar-refractivity contribution in [2.24, 2.45) is 0 Å². The number of rotatable bonds is 3. The quantitative estimate of drug-likeness (QED) is 0.911. The molecule has 0 bridgehead atoms. The van der Waals surface area contributed by atoms with E-state index >= 15 is 0 Å². The monoisotopic (exact) mass is 342 g/mol. The molecule has 7 nitrogen and oxygen atoms in total. The van der Waals surface area contributed by atoms with Crippen molar-refractivity contribution < 1.29 is 24.2 Å². The summed E-state index contributed by atoms with van der Waals surface area (Å²) in [6.45, 7) is 2.16. The first kappa shape index (κ1) is 15.6. The number of amides is 2. The van der Waals surface area contributed by atoms with E-state index in [4.69, 9.17) is 14.6 Å². The van der Waals surface area contributed by atoms with Crippen molar-refractivity contribution in [2.75, 3.05) is 31.2 Å². The SMILES string of the molecule is O=C(O)c1cccc(N2CCN(C3C=C4OCCOC4=CC3)C2=O)c1. The van der Waals surface area contributed by atoms with E-state index in [0.29, 0.717) is 44.2 Å². The molecule has 0 saturated carbocycles. The van der Waals surface area contributed by atoms with Gasteiger partial charge in [0.25, 0.3) is 0 Å². The lowest BCUT2D eigenvalue weighted by Gasteiger charge is -2.30. The number of carbonyl (C=O) groups excluding carboxylic acids is 1. The van der Waals surface area contributed by atoms with Gasteiger partial charge in [-0.1, -0.05) is 6.07 Å². The van der Waals surface area contributed by atoms with Crippen LogP contribution in [-0.2, 0) is 9.47 Å². The van der Waals surface area contributed by atoms with E-state index in [1.54, 1.807) is 21.9 Å². The van der Waals surface area contributed by atoms with Crippen LogP contribution in [0, 0.1) is 0 Å². The second-order valence-electron chi connectivity index (χ2n) is 6.08. The fourth-order valence-corrected chi connectivity index (χ4v) is 3.33. The van der Waals surface area contributed by atoms with E-state index < -0.39 is 5.97 Å². The molecule has 1 N–H and O–H groups in total. The number of urea groups is 1. The third-order valence-electron chi connectivity index (χ3n) is 4.58. The van der Waals surface area contributed by atoms with Crippen molar-refractivity contribution in [3.8, 4) is 0 Å². The Morgan fingerprint density at radius 2 is 1.96 bits per heavy atom. The highest BCUT2D eigenvalue weighted by atomic mass is 16.6. The van der Waals surface area contributed by atoms with Gasteiger partial charge >= 0.3 is 12.0 Å². The average Bonchev–Trinajstić information content (AvgIpc) is 3.03. The summed E-state index contributed by atoms with van der Waals surface area (Å²) in [4.78, 5) is 27.4. The lowest BCUT2D eigenvalue weighted by atomic mass is 10.0.